The number of nitrogens with zero attached hydrogens (tertiary/aromatic N) is 2. The quantitative estimate of drug-likeness (QED) is 0.622. The lowest BCUT2D eigenvalue weighted by molar-refractivity contribution is 0.163. The minimum absolute atomic E-state index is 0.836. The Morgan fingerprint density at radius 2 is 1.50 bits per heavy atom. The van der Waals surface area contributed by atoms with Crippen molar-refractivity contribution in [3.05, 3.63) is 0 Å². The standard InChI is InChI=1S/C17H37N3/c1-5-16-8-10-17(11-9-16)19(4)14-12-18-13-15-20(6-2)7-3/h16-18H,5-15H2,1-4H3. The van der Waals surface area contributed by atoms with Gasteiger partial charge in [-0.3, -0.25) is 0 Å². The van der Waals surface area contributed by atoms with Gasteiger partial charge in [-0.2, -0.15) is 0 Å². The van der Waals surface area contributed by atoms with Crippen molar-refractivity contribution in [2.45, 2.75) is 58.9 Å². The van der Waals surface area contributed by atoms with Gasteiger partial charge < -0.3 is 15.1 Å². The molecule has 1 aliphatic rings. The molecule has 1 saturated carbocycles. The van der Waals surface area contributed by atoms with Gasteiger partial charge in [0, 0.05) is 32.2 Å². The van der Waals surface area contributed by atoms with Gasteiger partial charge in [0.1, 0.15) is 0 Å². The summed E-state index contributed by atoms with van der Waals surface area (Å²) in [6.07, 6.45) is 7.09. The van der Waals surface area contributed by atoms with E-state index in [1.165, 1.54) is 58.3 Å². The van der Waals surface area contributed by atoms with E-state index in [1.54, 1.807) is 0 Å². The van der Waals surface area contributed by atoms with Crippen molar-refractivity contribution >= 4 is 0 Å². The highest BCUT2D eigenvalue weighted by molar-refractivity contribution is 4.78. The summed E-state index contributed by atoms with van der Waals surface area (Å²) in [6, 6.07) is 0.836. The van der Waals surface area contributed by atoms with E-state index >= 15 is 0 Å². The second-order valence-electron chi connectivity index (χ2n) is 6.34. The average Bonchev–Trinajstić information content (AvgIpc) is 2.50. The van der Waals surface area contributed by atoms with Gasteiger partial charge in [-0.05, 0) is 51.7 Å². The lowest BCUT2D eigenvalue weighted by Gasteiger charge is -2.34. The second kappa shape index (κ2) is 10.6. The molecule has 0 heterocycles. The zero-order chi connectivity index (χ0) is 14.8. The van der Waals surface area contributed by atoms with Crippen LogP contribution >= 0.6 is 0 Å². The minimum Gasteiger partial charge on any atom is -0.314 e. The molecule has 3 heteroatoms. The van der Waals surface area contributed by atoms with Crippen molar-refractivity contribution in [3.63, 3.8) is 0 Å². The van der Waals surface area contributed by atoms with Gasteiger partial charge in [0.25, 0.3) is 0 Å². The Labute approximate surface area is 127 Å². The zero-order valence-corrected chi connectivity index (χ0v) is 14.3. The average molecular weight is 284 g/mol. The molecular formula is C17H37N3. The molecule has 0 atom stereocenters. The van der Waals surface area contributed by atoms with Crippen molar-refractivity contribution < 1.29 is 0 Å². The van der Waals surface area contributed by atoms with Gasteiger partial charge in [-0.1, -0.05) is 27.2 Å². The fourth-order valence-electron chi connectivity index (χ4n) is 3.33. The smallest absolute Gasteiger partial charge is 0.0107 e. The predicted octanol–water partition coefficient (Wildman–Crippen LogP) is 2.82. The maximum absolute atomic E-state index is 3.59. The molecule has 0 amide bonds. The summed E-state index contributed by atoms with van der Waals surface area (Å²) in [7, 11) is 2.31. The molecule has 1 rings (SSSR count). The lowest BCUT2D eigenvalue weighted by atomic mass is 9.84. The summed E-state index contributed by atoms with van der Waals surface area (Å²) in [4.78, 5) is 5.05. The Hall–Kier alpha value is -0.120. The van der Waals surface area contributed by atoms with E-state index in [0.717, 1.165) is 25.0 Å². The normalized spacial score (nSPS) is 23.7. The van der Waals surface area contributed by atoms with E-state index in [0.29, 0.717) is 0 Å². The molecule has 3 nitrogen and oxygen atoms in total. The lowest BCUT2D eigenvalue weighted by Crippen LogP contribution is -2.40. The van der Waals surface area contributed by atoms with E-state index in [4.69, 9.17) is 0 Å². The molecule has 1 fully saturated rings. The van der Waals surface area contributed by atoms with Gasteiger partial charge in [-0.15, -0.1) is 0 Å². The Morgan fingerprint density at radius 3 is 2.05 bits per heavy atom. The van der Waals surface area contributed by atoms with Crippen LogP contribution in [0.5, 0.6) is 0 Å². The molecule has 0 radical (unpaired) electrons. The molecule has 0 aliphatic heterocycles. The predicted molar refractivity (Wildman–Crippen MR) is 89.3 cm³/mol. The third-order valence-corrected chi connectivity index (χ3v) is 5.16. The number of hydrogen-bond donors (Lipinski definition) is 1. The molecule has 0 bridgehead atoms. The topological polar surface area (TPSA) is 18.5 Å². The Kier molecular flexibility index (Phi) is 9.49. The minimum atomic E-state index is 0.836. The van der Waals surface area contributed by atoms with Gasteiger partial charge >= 0.3 is 0 Å². The molecule has 0 aromatic rings. The van der Waals surface area contributed by atoms with Crippen molar-refractivity contribution in [1.29, 1.82) is 0 Å². The first-order valence-electron chi connectivity index (χ1n) is 8.84. The molecule has 1 N–H and O–H groups in total. The maximum atomic E-state index is 3.59. The molecule has 0 unspecified atom stereocenters. The van der Waals surface area contributed by atoms with Crippen LogP contribution in [0.2, 0.25) is 0 Å². The SMILES string of the molecule is CCC1CCC(N(C)CCNCCN(CC)CC)CC1. The monoisotopic (exact) mass is 283 g/mol. The van der Waals surface area contributed by atoms with E-state index in [9.17, 15) is 0 Å². The van der Waals surface area contributed by atoms with Crippen LogP contribution in [0.1, 0.15) is 52.9 Å². The van der Waals surface area contributed by atoms with E-state index in [2.05, 4.69) is 42.9 Å². The number of nitrogens with one attached hydrogen (secondary N) is 1. The zero-order valence-electron chi connectivity index (χ0n) is 14.3. The summed E-state index contributed by atoms with van der Waals surface area (Å²) in [5.74, 6) is 1.01. The van der Waals surface area contributed by atoms with Gasteiger partial charge in [0.15, 0.2) is 0 Å². The Bertz CT molecular complexity index is 220. The van der Waals surface area contributed by atoms with Crippen LogP contribution in [0.15, 0.2) is 0 Å². The van der Waals surface area contributed by atoms with Crippen molar-refractivity contribution in [3.8, 4) is 0 Å². The maximum Gasteiger partial charge on any atom is 0.0107 e. The summed E-state index contributed by atoms with van der Waals surface area (Å²) in [6.45, 7) is 13.8. The number of rotatable bonds is 10. The van der Waals surface area contributed by atoms with Crippen LogP contribution in [-0.2, 0) is 0 Å². The van der Waals surface area contributed by atoms with Crippen molar-refractivity contribution in [1.82, 2.24) is 15.1 Å². The van der Waals surface area contributed by atoms with Gasteiger partial charge in [0.05, 0.1) is 0 Å². The molecule has 1 aliphatic carbocycles. The fraction of sp³-hybridized carbons (Fsp3) is 1.00. The Morgan fingerprint density at radius 1 is 0.900 bits per heavy atom. The third kappa shape index (κ3) is 6.55. The first-order valence-corrected chi connectivity index (χ1v) is 8.84. The van der Waals surface area contributed by atoms with Crippen LogP contribution in [0, 0.1) is 5.92 Å². The van der Waals surface area contributed by atoms with Crippen LogP contribution < -0.4 is 5.32 Å². The van der Waals surface area contributed by atoms with Gasteiger partial charge in [-0.25, -0.2) is 0 Å². The highest BCUT2D eigenvalue weighted by atomic mass is 15.2. The van der Waals surface area contributed by atoms with E-state index in [1.807, 2.05) is 0 Å². The molecule has 120 valence electrons. The molecule has 20 heavy (non-hydrogen) atoms. The van der Waals surface area contributed by atoms with Crippen molar-refractivity contribution in [2.75, 3.05) is 46.3 Å². The fourth-order valence-corrected chi connectivity index (χ4v) is 3.33. The summed E-state index contributed by atoms with van der Waals surface area (Å²) < 4.78 is 0. The second-order valence-corrected chi connectivity index (χ2v) is 6.34. The highest BCUT2D eigenvalue weighted by Crippen LogP contribution is 2.28. The van der Waals surface area contributed by atoms with Crippen molar-refractivity contribution in [2.24, 2.45) is 5.92 Å². The van der Waals surface area contributed by atoms with Crippen LogP contribution in [0.25, 0.3) is 0 Å². The molecule has 0 saturated heterocycles. The summed E-state index contributed by atoms with van der Waals surface area (Å²) >= 11 is 0. The molecule has 0 spiro atoms. The summed E-state index contributed by atoms with van der Waals surface area (Å²) in [5, 5.41) is 3.59. The van der Waals surface area contributed by atoms with E-state index < -0.39 is 0 Å². The number of hydrogen-bond acceptors (Lipinski definition) is 3. The first-order chi connectivity index (χ1) is 9.71. The molecule has 0 aromatic carbocycles. The highest BCUT2D eigenvalue weighted by Gasteiger charge is 2.22. The van der Waals surface area contributed by atoms with Gasteiger partial charge in [0.2, 0.25) is 0 Å². The molecular weight excluding hydrogens is 246 g/mol. The van der Waals surface area contributed by atoms with Crippen LogP contribution in [0.3, 0.4) is 0 Å². The van der Waals surface area contributed by atoms with Crippen LogP contribution in [0.4, 0.5) is 0 Å². The third-order valence-electron chi connectivity index (χ3n) is 5.16. The summed E-state index contributed by atoms with van der Waals surface area (Å²) in [5.41, 5.74) is 0. The largest absolute Gasteiger partial charge is 0.314 e. The number of likely N-dealkylation sites (N-methyl/N-ethyl adjacent to an activating group) is 2. The molecule has 0 aromatic heterocycles. The first kappa shape index (κ1) is 17.9. The Balaban J connectivity index is 2.04. The van der Waals surface area contributed by atoms with Crippen LogP contribution in [-0.4, -0.2) is 62.2 Å². The van der Waals surface area contributed by atoms with E-state index in [-0.39, 0.29) is 0 Å².